The van der Waals surface area contributed by atoms with Crippen molar-refractivity contribution < 1.29 is 9.59 Å². The summed E-state index contributed by atoms with van der Waals surface area (Å²) in [6.07, 6.45) is 8.01. The normalized spacial score (nSPS) is 13.1. The number of amides is 2. The fraction of sp³-hybridized carbons (Fsp3) is 0.833. The van der Waals surface area contributed by atoms with E-state index in [0.717, 1.165) is 51.3 Å². The molecule has 0 aromatic heterocycles. The highest BCUT2D eigenvalue weighted by atomic mass is 35.5. The molecule has 2 atom stereocenters. The summed E-state index contributed by atoms with van der Waals surface area (Å²) >= 11 is 0. The monoisotopic (exact) mass is 264 g/mol. The van der Waals surface area contributed by atoms with Gasteiger partial charge in [0.25, 0.3) is 0 Å². The first kappa shape index (κ1) is 18.6. The molecule has 2 amide bonds. The zero-order chi connectivity index (χ0) is 12.2. The maximum Gasteiger partial charge on any atom is 0.207 e. The standard InChI is InChI=1S/C12H24N2O2.ClH/c1-3-12(14-10-16)8-6-4-5-7-11(2)13-9-15;/h9-12H,3-8H2,1-2H3,(H,13,15)(H,14,16);1H. The second-order valence-electron chi connectivity index (χ2n) is 4.21. The highest BCUT2D eigenvalue weighted by Gasteiger charge is 2.04. The molecule has 4 nitrogen and oxygen atoms in total. The van der Waals surface area contributed by atoms with Gasteiger partial charge in [0.05, 0.1) is 0 Å². The number of rotatable bonds is 11. The summed E-state index contributed by atoms with van der Waals surface area (Å²) in [6, 6.07) is 0.593. The quantitative estimate of drug-likeness (QED) is 0.443. The van der Waals surface area contributed by atoms with Crippen LogP contribution in [-0.4, -0.2) is 24.9 Å². The van der Waals surface area contributed by atoms with Crippen molar-refractivity contribution in [2.24, 2.45) is 0 Å². The Morgan fingerprint density at radius 3 is 2.12 bits per heavy atom. The van der Waals surface area contributed by atoms with Gasteiger partial charge in [-0.25, -0.2) is 0 Å². The molecule has 0 aliphatic rings. The van der Waals surface area contributed by atoms with Crippen LogP contribution in [0.2, 0.25) is 0 Å². The van der Waals surface area contributed by atoms with Gasteiger partial charge in [-0.2, -0.15) is 0 Å². The number of carbonyl (C=O) groups is 2. The van der Waals surface area contributed by atoms with Gasteiger partial charge < -0.3 is 10.6 Å². The SMILES string of the molecule is CCC(CCCCCC(C)NC=O)NC=O.Cl. The van der Waals surface area contributed by atoms with Gasteiger partial charge in [-0.15, -0.1) is 12.4 Å². The number of nitrogens with one attached hydrogen (secondary N) is 2. The third-order valence-corrected chi connectivity index (χ3v) is 2.84. The van der Waals surface area contributed by atoms with Gasteiger partial charge in [-0.1, -0.05) is 26.2 Å². The van der Waals surface area contributed by atoms with E-state index in [1.165, 1.54) is 0 Å². The summed E-state index contributed by atoms with van der Waals surface area (Å²) in [4.78, 5) is 20.4. The van der Waals surface area contributed by atoms with E-state index < -0.39 is 0 Å². The molecule has 0 aliphatic carbocycles. The van der Waals surface area contributed by atoms with Crippen LogP contribution in [0.1, 0.15) is 52.4 Å². The minimum Gasteiger partial charge on any atom is -0.356 e. The third-order valence-electron chi connectivity index (χ3n) is 2.84. The predicted octanol–water partition coefficient (Wildman–Crippen LogP) is 2.02. The maximum absolute atomic E-state index is 10.3. The molecule has 0 bridgehead atoms. The van der Waals surface area contributed by atoms with Crippen LogP contribution >= 0.6 is 12.4 Å². The summed E-state index contributed by atoms with van der Waals surface area (Å²) in [5.41, 5.74) is 0. The van der Waals surface area contributed by atoms with Gasteiger partial charge in [0.1, 0.15) is 0 Å². The van der Waals surface area contributed by atoms with Crippen LogP contribution in [0.15, 0.2) is 0 Å². The predicted molar refractivity (Wildman–Crippen MR) is 72.3 cm³/mol. The highest BCUT2D eigenvalue weighted by molar-refractivity contribution is 5.85. The molecule has 0 aromatic carbocycles. The van der Waals surface area contributed by atoms with Crippen molar-refractivity contribution in [2.45, 2.75) is 64.5 Å². The van der Waals surface area contributed by atoms with Gasteiger partial charge in [-0.05, 0) is 26.2 Å². The molecule has 0 fully saturated rings. The second-order valence-corrected chi connectivity index (χ2v) is 4.21. The lowest BCUT2D eigenvalue weighted by molar-refractivity contribution is -0.110. The lowest BCUT2D eigenvalue weighted by Crippen LogP contribution is -2.26. The van der Waals surface area contributed by atoms with Crippen LogP contribution in [0.25, 0.3) is 0 Å². The Morgan fingerprint density at radius 2 is 1.59 bits per heavy atom. The van der Waals surface area contributed by atoms with E-state index in [2.05, 4.69) is 17.6 Å². The van der Waals surface area contributed by atoms with Gasteiger partial charge in [0, 0.05) is 12.1 Å². The van der Waals surface area contributed by atoms with Crippen LogP contribution in [0.5, 0.6) is 0 Å². The van der Waals surface area contributed by atoms with E-state index in [0.29, 0.717) is 6.04 Å². The molecule has 0 heterocycles. The van der Waals surface area contributed by atoms with Crippen molar-refractivity contribution >= 4 is 25.2 Å². The summed E-state index contributed by atoms with van der Waals surface area (Å²) in [5, 5.41) is 5.55. The number of hydrogen-bond acceptors (Lipinski definition) is 2. The van der Waals surface area contributed by atoms with Crippen molar-refractivity contribution in [1.82, 2.24) is 10.6 Å². The van der Waals surface area contributed by atoms with Crippen molar-refractivity contribution in [2.75, 3.05) is 0 Å². The second kappa shape index (κ2) is 13.3. The number of halogens is 1. The largest absolute Gasteiger partial charge is 0.356 e. The Bertz CT molecular complexity index is 191. The molecule has 0 aliphatic heterocycles. The first-order chi connectivity index (χ1) is 7.74. The van der Waals surface area contributed by atoms with Gasteiger partial charge >= 0.3 is 0 Å². The highest BCUT2D eigenvalue weighted by Crippen LogP contribution is 2.08. The first-order valence-corrected chi connectivity index (χ1v) is 6.14. The van der Waals surface area contributed by atoms with E-state index in [9.17, 15) is 9.59 Å². The number of carbonyl (C=O) groups excluding carboxylic acids is 2. The Morgan fingerprint density at radius 1 is 1.00 bits per heavy atom. The Balaban J connectivity index is 0. The minimum absolute atomic E-state index is 0. The van der Waals surface area contributed by atoms with Crippen LogP contribution in [-0.2, 0) is 9.59 Å². The van der Waals surface area contributed by atoms with E-state index in [1.807, 2.05) is 6.92 Å². The Hall–Kier alpha value is -0.770. The summed E-state index contributed by atoms with van der Waals surface area (Å²) in [5.74, 6) is 0. The third kappa shape index (κ3) is 11.5. The van der Waals surface area contributed by atoms with Crippen molar-refractivity contribution in [3.05, 3.63) is 0 Å². The first-order valence-electron chi connectivity index (χ1n) is 6.14. The van der Waals surface area contributed by atoms with Crippen LogP contribution in [0, 0.1) is 0 Å². The molecule has 0 saturated carbocycles. The number of unbranched alkanes of at least 4 members (excludes halogenated alkanes) is 2. The molecule has 0 saturated heterocycles. The average Bonchev–Trinajstić information content (AvgIpc) is 2.27. The van der Waals surface area contributed by atoms with Crippen LogP contribution in [0.4, 0.5) is 0 Å². The van der Waals surface area contributed by atoms with E-state index in [1.54, 1.807) is 0 Å². The average molecular weight is 265 g/mol. The summed E-state index contributed by atoms with van der Waals surface area (Å²) < 4.78 is 0. The molecule has 2 unspecified atom stereocenters. The lowest BCUT2D eigenvalue weighted by Gasteiger charge is -2.13. The van der Waals surface area contributed by atoms with E-state index in [-0.39, 0.29) is 18.4 Å². The maximum atomic E-state index is 10.3. The summed E-state index contributed by atoms with van der Waals surface area (Å²) in [7, 11) is 0. The topological polar surface area (TPSA) is 58.2 Å². The van der Waals surface area contributed by atoms with E-state index >= 15 is 0 Å². The molecule has 0 rings (SSSR count). The molecule has 0 spiro atoms. The van der Waals surface area contributed by atoms with Crippen LogP contribution in [0.3, 0.4) is 0 Å². The number of hydrogen-bond donors (Lipinski definition) is 2. The molecule has 0 aromatic rings. The van der Waals surface area contributed by atoms with Gasteiger partial charge in [-0.3, -0.25) is 9.59 Å². The zero-order valence-corrected chi connectivity index (χ0v) is 11.6. The van der Waals surface area contributed by atoms with Crippen molar-refractivity contribution in [1.29, 1.82) is 0 Å². The van der Waals surface area contributed by atoms with Gasteiger partial charge in [0.15, 0.2) is 0 Å². The molecule has 17 heavy (non-hydrogen) atoms. The Labute approximate surface area is 110 Å². The zero-order valence-electron chi connectivity index (χ0n) is 10.8. The smallest absolute Gasteiger partial charge is 0.207 e. The molecule has 5 heteroatoms. The van der Waals surface area contributed by atoms with Crippen molar-refractivity contribution in [3.63, 3.8) is 0 Å². The fourth-order valence-corrected chi connectivity index (χ4v) is 1.72. The van der Waals surface area contributed by atoms with E-state index in [4.69, 9.17) is 0 Å². The fourth-order valence-electron chi connectivity index (χ4n) is 1.72. The molecule has 0 radical (unpaired) electrons. The Kier molecular flexibility index (Phi) is 14.5. The molecule has 2 N–H and O–H groups in total. The molecular weight excluding hydrogens is 240 g/mol. The lowest BCUT2D eigenvalue weighted by atomic mass is 10.0. The minimum atomic E-state index is 0. The molecule has 102 valence electrons. The molecular formula is C12H25ClN2O2. The van der Waals surface area contributed by atoms with Crippen molar-refractivity contribution in [3.8, 4) is 0 Å². The van der Waals surface area contributed by atoms with Gasteiger partial charge in [0.2, 0.25) is 12.8 Å². The summed E-state index contributed by atoms with van der Waals surface area (Å²) in [6.45, 7) is 4.09. The van der Waals surface area contributed by atoms with Crippen LogP contribution < -0.4 is 10.6 Å².